The third-order valence-electron chi connectivity index (χ3n) is 4.29. The van der Waals surface area contributed by atoms with E-state index in [1.807, 2.05) is 36.1 Å². The fourth-order valence-corrected chi connectivity index (χ4v) is 3.03. The number of carbonyl (C=O) groups is 1. The Morgan fingerprint density at radius 3 is 2.77 bits per heavy atom. The van der Waals surface area contributed by atoms with Gasteiger partial charge in [-0.05, 0) is 19.1 Å². The molecule has 0 saturated carbocycles. The van der Waals surface area contributed by atoms with Crippen LogP contribution in [0, 0.1) is 0 Å². The quantitative estimate of drug-likeness (QED) is 0.849. The molecule has 22 heavy (non-hydrogen) atoms. The Labute approximate surface area is 128 Å². The summed E-state index contributed by atoms with van der Waals surface area (Å²) >= 11 is 0. The van der Waals surface area contributed by atoms with Crippen LogP contribution in [0.2, 0.25) is 0 Å². The summed E-state index contributed by atoms with van der Waals surface area (Å²) in [6.45, 7) is 4.19. The zero-order valence-electron chi connectivity index (χ0n) is 13.0. The van der Waals surface area contributed by atoms with Gasteiger partial charge in [0.15, 0.2) is 0 Å². The molecule has 2 aromatic rings. The summed E-state index contributed by atoms with van der Waals surface area (Å²) in [5.74, 6) is 0.0793. The second kappa shape index (κ2) is 5.96. The van der Waals surface area contributed by atoms with Gasteiger partial charge in [-0.25, -0.2) is 4.79 Å². The number of imidazole rings is 1. The molecule has 1 amide bonds. The van der Waals surface area contributed by atoms with Crippen molar-refractivity contribution in [2.75, 3.05) is 19.8 Å². The number of fused-ring (bicyclic) bond motifs is 1. The summed E-state index contributed by atoms with van der Waals surface area (Å²) in [5, 5.41) is 0. The van der Waals surface area contributed by atoms with Crippen LogP contribution in [0.4, 0.5) is 0 Å². The van der Waals surface area contributed by atoms with Crippen molar-refractivity contribution in [3.8, 4) is 0 Å². The Hall–Kier alpha value is -2.08. The van der Waals surface area contributed by atoms with Gasteiger partial charge in [0, 0.05) is 26.6 Å². The first-order valence-electron chi connectivity index (χ1n) is 7.61. The van der Waals surface area contributed by atoms with E-state index in [0.29, 0.717) is 32.7 Å². The van der Waals surface area contributed by atoms with Crippen LogP contribution in [0.15, 0.2) is 29.1 Å². The highest BCUT2D eigenvalue weighted by Gasteiger charge is 2.23. The third kappa shape index (κ3) is 2.54. The van der Waals surface area contributed by atoms with Crippen LogP contribution in [0.5, 0.6) is 0 Å². The zero-order chi connectivity index (χ0) is 15.7. The number of benzene rings is 1. The van der Waals surface area contributed by atoms with Gasteiger partial charge in [0.05, 0.1) is 30.3 Å². The first-order valence-corrected chi connectivity index (χ1v) is 7.61. The lowest BCUT2D eigenvalue weighted by Crippen LogP contribution is -2.47. The van der Waals surface area contributed by atoms with Gasteiger partial charge < -0.3 is 9.64 Å². The predicted molar refractivity (Wildman–Crippen MR) is 83.8 cm³/mol. The predicted octanol–water partition coefficient (Wildman–Crippen LogP) is 0.977. The van der Waals surface area contributed by atoms with Crippen LogP contribution in [0.25, 0.3) is 11.0 Å². The Morgan fingerprint density at radius 1 is 1.32 bits per heavy atom. The molecular formula is C16H21N3O3. The number of carbonyl (C=O) groups excluding carboxylic acids is 1. The molecule has 1 fully saturated rings. The second-order valence-corrected chi connectivity index (χ2v) is 5.74. The van der Waals surface area contributed by atoms with E-state index in [2.05, 4.69) is 0 Å². The van der Waals surface area contributed by atoms with Crippen LogP contribution < -0.4 is 5.69 Å². The summed E-state index contributed by atoms with van der Waals surface area (Å²) < 4.78 is 8.65. The smallest absolute Gasteiger partial charge is 0.328 e. The maximum Gasteiger partial charge on any atom is 0.328 e. The minimum absolute atomic E-state index is 0.0793. The number of amides is 1. The van der Waals surface area contributed by atoms with Crippen molar-refractivity contribution in [2.45, 2.75) is 25.9 Å². The maximum absolute atomic E-state index is 12.4. The number of ether oxygens (including phenoxy) is 1. The molecule has 1 aromatic heterocycles. The molecule has 0 N–H and O–H groups in total. The van der Waals surface area contributed by atoms with Crippen molar-refractivity contribution in [1.82, 2.24) is 14.0 Å². The van der Waals surface area contributed by atoms with Crippen LogP contribution in [-0.2, 0) is 23.1 Å². The highest BCUT2D eigenvalue weighted by atomic mass is 16.5. The van der Waals surface area contributed by atoms with E-state index >= 15 is 0 Å². The molecule has 6 heteroatoms. The SMILES string of the molecule is CC1COCCN1C(=O)CCn1c(=O)n(C)c2ccccc21. The number of aromatic nitrogens is 2. The van der Waals surface area contributed by atoms with Gasteiger partial charge in [0.25, 0.3) is 0 Å². The summed E-state index contributed by atoms with van der Waals surface area (Å²) in [7, 11) is 1.76. The topological polar surface area (TPSA) is 56.5 Å². The minimum atomic E-state index is -0.0796. The van der Waals surface area contributed by atoms with E-state index in [0.717, 1.165) is 11.0 Å². The van der Waals surface area contributed by atoms with Crippen LogP contribution in [0.1, 0.15) is 13.3 Å². The molecular weight excluding hydrogens is 282 g/mol. The summed E-state index contributed by atoms with van der Waals surface area (Å²) in [5.41, 5.74) is 1.68. The monoisotopic (exact) mass is 303 g/mol. The van der Waals surface area contributed by atoms with Crippen LogP contribution in [0.3, 0.4) is 0 Å². The van der Waals surface area contributed by atoms with Gasteiger partial charge in [-0.15, -0.1) is 0 Å². The number of hydrogen-bond donors (Lipinski definition) is 0. The maximum atomic E-state index is 12.4. The Bertz CT molecular complexity index is 747. The van der Waals surface area contributed by atoms with Gasteiger partial charge in [-0.3, -0.25) is 13.9 Å². The van der Waals surface area contributed by atoms with Gasteiger partial charge >= 0.3 is 5.69 Å². The van der Waals surface area contributed by atoms with Crippen molar-refractivity contribution in [3.63, 3.8) is 0 Å². The highest BCUT2D eigenvalue weighted by Crippen LogP contribution is 2.13. The number of hydrogen-bond acceptors (Lipinski definition) is 3. The largest absolute Gasteiger partial charge is 0.377 e. The molecule has 1 aliphatic rings. The number of aryl methyl sites for hydroxylation is 2. The molecule has 0 bridgehead atoms. The van der Waals surface area contributed by atoms with Gasteiger partial charge in [0.1, 0.15) is 0 Å². The Kier molecular flexibility index (Phi) is 4.02. The van der Waals surface area contributed by atoms with Crippen molar-refractivity contribution in [2.24, 2.45) is 7.05 Å². The molecule has 2 heterocycles. The zero-order valence-corrected chi connectivity index (χ0v) is 13.0. The van der Waals surface area contributed by atoms with Gasteiger partial charge in [-0.1, -0.05) is 12.1 Å². The van der Waals surface area contributed by atoms with E-state index < -0.39 is 0 Å². The van der Waals surface area contributed by atoms with E-state index in [4.69, 9.17) is 4.74 Å². The first-order chi connectivity index (χ1) is 10.6. The molecule has 1 atom stereocenters. The van der Waals surface area contributed by atoms with Crippen molar-refractivity contribution in [1.29, 1.82) is 0 Å². The molecule has 1 saturated heterocycles. The number of rotatable bonds is 3. The lowest BCUT2D eigenvalue weighted by Gasteiger charge is -2.33. The molecule has 0 spiro atoms. The van der Waals surface area contributed by atoms with E-state index in [-0.39, 0.29) is 17.6 Å². The fourth-order valence-electron chi connectivity index (χ4n) is 3.03. The molecule has 0 radical (unpaired) electrons. The summed E-state index contributed by atoms with van der Waals surface area (Å²) in [6, 6.07) is 7.75. The number of nitrogens with zero attached hydrogens (tertiary/aromatic N) is 3. The molecule has 0 aliphatic carbocycles. The Morgan fingerprint density at radius 2 is 2.05 bits per heavy atom. The van der Waals surface area contributed by atoms with E-state index in [1.54, 1.807) is 16.2 Å². The second-order valence-electron chi connectivity index (χ2n) is 5.74. The van der Waals surface area contributed by atoms with Crippen LogP contribution in [-0.4, -0.2) is 45.7 Å². The van der Waals surface area contributed by atoms with Gasteiger partial charge in [-0.2, -0.15) is 0 Å². The van der Waals surface area contributed by atoms with E-state index in [9.17, 15) is 9.59 Å². The Balaban J connectivity index is 1.78. The molecule has 1 aromatic carbocycles. The van der Waals surface area contributed by atoms with Crippen molar-refractivity contribution in [3.05, 3.63) is 34.7 Å². The van der Waals surface area contributed by atoms with Crippen molar-refractivity contribution >= 4 is 16.9 Å². The molecule has 1 aliphatic heterocycles. The highest BCUT2D eigenvalue weighted by molar-refractivity contribution is 5.78. The molecule has 3 rings (SSSR count). The van der Waals surface area contributed by atoms with E-state index in [1.165, 1.54) is 0 Å². The van der Waals surface area contributed by atoms with Crippen LogP contribution >= 0.6 is 0 Å². The lowest BCUT2D eigenvalue weighted by molar-refractivity contribution is -0.139. The fraction of sp³-hybridized carbons (Fsp3) is 0.500. The van der Waals surface area contributed by atoms with Gasteiger partial charge in [0.2, 0.25) is 5.91 Å². The van der Waals surface area contributed by atoms with Crippen molar-refractivity contribution < 1.29 is 9.53 Å². The first kappa shape index (κ1) is 14.8. The summed E-state index contributed by atoms with van der Waals surface area (Å²) in [4.78, 5) is 26.6. The minimum Gasteiger partial charge on any atom is -0.377 e. The normalized spacial score (nSPS) is 18.8. The number of para-hydroxylation sites is 2. The summed E-state index contributed by atoms with van der Waals surface area (Å²) in [6.07, 6.45) is 0.332. The number of morpholine rings is 1. The molecule has 6 nitrogen and oxygen atoms in total. The third-order valence-corrected chi connectivity index (χ3v) is 4.29. The standard InChI is InChI=1S/C16H21N3O3/c1-12-11-22-10-9-18(12)15(20)7-8-19-14-6-4-3-5-13(14)17(2)16(19)21/h3-6,12H,7-11H2,1-2H3. The average molecular weight is 303 g/mol. The average Bonchev–Trinajstić information content (AvgIpc) is 2.77. The molecule has 118 valence electrons. The lowest BCUT2D eigenvalue weighted by atomic mass is 10.2. The molecule has 1 unspecified atom stereocenters.